The summed E-state index contributed by atoms with van der Waals surface area (Å²) in [5.41, 5.74) is 1.34. The van der Waals surface area contributed by atoms with E-state index >= 15 is 0 Å². The summed E-state index contributed by atoms with van der Waals surface area (Å²) in [6, 6.07) is 14.7. The summed E-state index contributed by atoms with van der Waals surface area (Å²) in [6.07, 6.45) is 1.72. The maximum atomic E-state index is 12.5. The molecule has 5 heteroatoms. The van der Waals surface area contributed by atoms with Crippen LogP contribution in [0.15, 0.2) is 53.1 Å². The fourth-order valence-corrected chi connectivity index (χ4v) is 4.04. The van der Waals surface area contributed by atoms with Gasteiger partial charge in [0.25, 0.3) is 0 Å². The highest BCUT2D eigenvalue weighted by molar-refractivity contribution is 5.77. The Morgan fingerprint density at radius 3 is 2.63 bits per heavy atom. The van der Waals surface area contributed by atoms with Crippen molar-refractivity contribution in [1.82, 2.24) is 9.80 Å². The van der Waals surface area contributed by atoms with E-state index in [0.29, 0.717) is 11.8 Å². The Balaban J connectivity index is 1.77. The largest absolute Gasteiger partial charge is 0.468 e. The number of likely N-dealkylation sites (tertiary alicyclic amines) is 1. The molecule has 146 valence electrons. The highest BCUT2D eigenvalue weighted by atomic mass is 16.5. The van der Waals surface area contributed by atoms with Crippen LogP contribution in [-0.2, 0) is 16.1 Å². The highest BCUT2D eigenvalue weighted by Crippen LogP contribution is 2.34. The summed E-state index contributed by atoms with van der Waals surface area (Å²) in [7, 11) is 1.57. The molecule has 1 aliphatic heterocycles. The van der Waals surface area contributed by atoms with Crippen molar-refractivity contribution < 1.29 is 13.9 Å². The zero-order valence-electron chi connectivity index (χ0n) is 16.5. The number of furan rings is 1. The Bertz CT molecular complexity index is 700. The van der Waals surface area contributed by atoms with Crippen LogP contribution in [-0.4, -0.2) is 55.1 Å². The fourth-order valence-electron chi connectivity index (χ4n) is 4.04. The number of carbonyl (C=O) groups excluding carboxylic acids is 1. The van der Waals surface area contributed by atoms with E-state index in [2.05, 4.69) is 49.1 Å². The first kappa shape index (κ1) is 19.6. The lowest BCUT2D eigenvalue weighted by atomic mass is 9.88. The standard InChI is InChI=1S/C22H30N2O3/c1-17(2)24(22(25)16-26-3)13-19-12-23(14-20-10-7-11-27-20)15-21(19)18-8-5-4-6-9-18/h4-11,17,19,21H,12-16H2,1-3H3. The van der Waals surface area contributed by atoms with Crippen LogP contribution >= 0.6 is 0 Å². The maximum Gasteiger partial charge on any atom is 0.248 e. The number of benzene rings is 1. The Hall–Kier alpha value is -2.11. The number of rotatable bonds is 8. The maximum absolute atomic E-state index is 12.5. The van der Waals surface area contributed by atoms with Gasteiger partial charge in [0.1, 0.15) is 12.4 Å². The molecule has 0 aliphatic carbocycles. The van der Waals surface area contributed by atoms with Gasteiger partial charge in [0.2, 0.25) is 5.91 Å². The molecule has 1 fully saturated rings. The van der Waals surface area contributed by atoms with Crippen LogP contribution < -0.4 is 0 Å². The van der Waals surface area contributed by atoms with E-state index in [1.807, 2.05) is 17.0 Å². The summed E-state index contributed by atoms with van der Waals surface area (Å²) >= 11 is 0. The summed E-state index contributed by atoms with van der Waals surface area (Å²) in [6.45, 7) is 7.75. The molecule has 2 heterocycles. The SMILES string of the molecule is COCC(=O)N(CC1CN(Cc2ccco2)CC1c1ccccc1)C(C)C. The molecular weight excluding hydrogens is 340 g/mol. The summed E-state index contributed by atoms with van der Waals surface area (Å²) in [5.74, 6) is 1.82. The lowest BCUT2D eigenvalue weighted by molar-refractivity contribution is -0.137. The molecule has 5 nitrogen and oxygen atoms in total. The minimum atomic E-state index is 0.0591. The van der Waals surface area contributed by atoms with Crippen molar-refractivity contribution in [2.24, 2.45) is 5.92 Å². The first-order valence-electron chi connectivity index (χ1n) is 9.66. The van der Waals surface area contributed by atoms with Crippen molar-refractivity contribution in [2.75, 3.05) is 33.4 Å². The van der Waals surface area contributed by atoms with Crippen LogP contribution in [0.4, 0.5) is 0 Å². The Morgan fingerprint density at radius 2 is 2.00 bits per heavy atom. The smallest absolute Gasteiger partial charge is 0.248 e. The van der Waals surface area contributed by atoms with Gasteiger partial charge in [-0.2, -0.15) is 0 Å². The fraction of sp³-hybridized carbons (Fsp3) is 0.500. The van der Waals surface area contributed by atoms with Crippen LogP contribution in [0, 0.1) is 5.92 Å². The van der Waals surface area contributed by atoms with Gasteiger partial charge in [0, 0.05) is 38.7 Å². The van der Waals surface area contributed by atoms with E-state index < -0.39 is 0 Å². The summed E-state index contributed by atoms with van der Waals surface area (Å²) < 4.78 is 10.6. The Morgan fingerprint density at radius 1 is 1.22 bits per heavy atom. The molecule has 1 aromatic heterocycles. The first-order chi connectivity index (χ1) is 13.1. The average molecular weight is 370 g/mol. The molecule has 1 saturated heterocycles. The number of methoxy groups -OCH3 is 1. The van der Waals surface area contributed by atoms with Gasteiger partial charge >= 0.3 is 0 Å². The molecule has 2 aromatic rings. The number of carbonyl (C=O) groups is 1. The van der Waals surface area contributed by atoms with Crippen molar-refractivity contribution in [3.05, 3.63) is 60.1 Å². The lowest BCUT2D eigenvalue weighted by Gasteiger charge is -2.31. The molecule has 2 atom stereocenters. The third kappa shape index (κ3) is 4.99. The van der Waals surface area contributed by atoms with Gasteiger partial charge in [-0.15, -0.1) is 0 Å². The van der Waals surface area contributed by atoms with Crippen molar-refractivity contribution in [2.45, 2.75) is 32.4 Å². The minimum absolute atomic E-state index is 0.0591. The highest BCUT2D eigenvalue weighted by Gasteiger charge is 2.36. The average Bonchev–Trinajstić information content (AvgIpc) is 3.30. The third-order valence-corrected chi connectivity index (χ3v) is 5.35. The zero-order chi connectivity index (χ0) is 19.2. The normalized spacial score (nSPS) is 20.3. The molecule has 0 radical (unpaired) electrons. The van der Waals surface area contributed by atoms with Gasteiger partial charge in [-0.1, -0.05) is 30.3 Å². The number of amides is 1. The van der Waals surface area contributed by atoms with E-state index in [1.165, 1.54) is 5.56 Å². The van der Waals surface area contributed by atoms with Gasteiger partial charge in [-0.3, -0.25) is 9.69 Å². The van der Waals surface area contributed by atoms with E-state index in [-0.39, 0.29) is 18.6 Å². The van der Waals surface area contributed by atoms with Crippen LogP contribution in [0.2, 0.25) is 0 Å². The third-order valence-electron chi connectivity index (χ3n) is 5.35. The molecule has 1 amide bonds. The van der Waals surface area contributed by atoms with Gasteiger partial charge in [-0.05, 0) is 37.5 Å². The molecule has 1 aliphatic rings. The Labute approximate surface area is 161 Å². The van der Waals surface area contributed by atoms with Gasteiger partial charge in [0.05, 0.1) is 12.8 Å². The van der Waals surface area contributed by atoms with E-state index in [4.69, 9.17) is 9.15 Å². The molecular formula is C22H30N2O3. The topological polar surface area (TPSA) is 45.9 Å². The molecule has 0 N–H and O–H groups in total. The molecule has 27 heavy (non-hydrogen) atoms. The van der Waals surface area contributed by atoms with Crippen LogP contribution in [0.3, 0.4) is 0 Å². The second kappa shape index (κ2) is 9.20. The predicted octanol–water partition coefficient (Wildman–Crippen LogP) is 3.38. The second-order valence-electron chi connectivity index (χ2n) is 7.62. The predicted molar refractivity (Wildman–Crippen MR) is 105 cm³/mol. The van der Waals surface area contributed by atoms with Crippen molar-refractivity contribution in [3.63, 3.8) is 0 Å². The number of hydrogen-bond donors (Lipinski definition) is 0. The van der Waals surface area contributed by atoms with Crippen LogP contribution in [0.5, 0.6) is 0 Å². The summed E-state index contributed by atoms with van der Waals surface area (Å²) in [5, 5.41) is 0. The van der Waals surface area contributed by atoms with Crippen LogP contribution in [0.1, 0.15) is 31.1 Å². The van der Waals surface area contributed by atoms with Gasteiger partial charge < -0.3 is 14.1 Å². The van der Waals surface area contributed by atoms with Crippen molar-refractivity contribution in [3.8, 4) is 0 Å². The monoisotopic (exact) mass is 370 g/mol. The molecule has 2 unspecified atom stereocenters. The molecule has 0 saturated carbocycles. The minimum Gasteiger partial charge on any atom is -0.468 e. The molecule has 3 rings (SSSR count). The molecule has 0 spiro atoms. The molecule has 1 aromatic carbocycles. The Kier molecular flexibility index (Phi) is 6.69. The lowest BCUT2D eigenvalue weighted by Crippen LogP contribution is -2.43. The number of ether oxygens (including phenoxy) is 1. The van der Waals surface area contributed by atoms with Gasteiger partial charge in [-0.25, -0.2) is 0 Å². The van der Waals surface area contributed by atoms with Crippen molar-refractivity contribution in [1.29, 1.82) is 0 Å². The van der Waals surface area contributed by atoms with E-state index in [1.54, 1.807) is 13.4 Å². The van der Waals surface area contributed by atoms with Gasteiger partial charge in [0.15, 0.2) is 0 Å². The second-order valence-corrected chi connectivity index (χ2v) is 7.62. The number of nitrogens with zero attached hydrogens (tertiary/aromatic N) is 2. The first-order valence-corrected chi connectivity index (χ1v) is 9.66. The van der Waals surface area contributed by atoms with E-state index in [0.717, 1.165) is 31.9 Å². The zero-order valence-corrected chi connectivity index (χ0v) is 16.5. The molecule has 0 bridgehead atoms. The summed E-state index contributed by atoms with van der Waals surface area (Å²) in [4.78, 5) is 16.9. The van der Waals surface area contributed by atoms with Crippen LogP contribution in [0.25, 0.3) is 0 Å². The number of hydrogen-bond acceptors (Lipinski definition) is 4. The van der Waals surface area contributed by atoms with E-state index in [9.17, 15) is 4.79 Å². The quantitative estimate of drug-likeness (QED) is 0.715. The van der Waals surface area contributed by atoms with Crippen molar-refractivity contribution >= 4 is 5.91 Å².